The van der Waals surface area contributed by atoms with Gasteiger partial charge in [0, 0.05) is 41.7 Å². The molecule has 3 aromatic heterocycles. The maximum Gasteiger partial charge on any atom is 0.196 e. The Balaban J connectivity index is 1.32. The number of hydrogen-bond donors (Lipinski definition) is 0. The Morgan fingerprint density at radius 2 is 1.87 bits per heavy atom. The number of nitrogens with zero attached hydrogens (tertiary/aromatic N) is 3. The second kappa shape index (κ2) is 8.28. The molecule has 0 aliphatic rings. The van der Waals surface area contributed by atoms with Crippen LogP contribution in [0.1, 0.15) is 16.8 Å². The van der Waals surface area contributed by atoms with Crippen LogP contribution in [0.15, 0.2) is 101 Å². The first-order chi connectivity index (χ1) is 15.3. The molecule has 3 heterocycles. The van der Waals surface area contributed by atoms with Crippen LogP contribution in [0.3, 0.4) is 0 Å². The van der Waals surface area contributed by atoms with Crippen molar-refractivity contribution in [2.75, 3.05) is 0 Å². The highest BCUT2D eigenvalue weighted by atomic mass is 16.5. The average molecular weight is 409 g/mol. The molecule has 0 saturated carbocycles. The molecule has 5 aromatic rings. The topological polar surface area (TPSA) is 70.2 Å². The molecule has 31 heavy (non-hydrogen) atoms. The van der Waals surface area contributed by atoms with Crippen molar-refractivity contribution in [1.82, 2.24) is 14.8 Å². The summed E-state index contributed by atoms with van der Waals surface area (Å²) >= 11 is 0. The summed E-state index contributed by atoms with van der Waals surface area (Å²) in [5.41, 5.74) is 3.77. The van der Waals surface area contributed by atoms with Crippen LogP contribution in [-0.2, 0) is 13.0 Å². The van der Waals surface area contributed by atoms with Crippen LogP contribution in [0.25, 0.3) is 16.7 Å². The smallest absolute Gasteiger partial charge is 0.196 e. The fourth-order valence-corrected chi connectivity index (χ4v) is 3.38. The number of ether oxygens (including phenoxy) is 1. The van der Waals surface area contributed by atoms with Gasteiger partial charge in [-0.3, -0.25) is 9.78 Å². The van der Waals surface area contributed by atoms with Crippen molar-refractivity contribution in [3.63, 3.8) is 0 Å². The first kappa shape index (κ1) is 18.8. The van der Waals surface area contributed by atoms with Gasteiger partial charge in [-0.25, -0.2) is 4.68 Å². The van der Waals surface area contributed by atoms with Crippen molar-refractivity contribution in [1.29, 1.82) is 0 Å². The maximum atomic E-state index is 12.8. The standard InChI is InChI=1S/C25H19N3O3/c29-25-19(12-20-6-4-5-11-26-20)17-31-24-13-22(9-10-23(24)25)30-16-18-14-27-28(15-18)21-7-2-1-3-8-21/h1-11,13-15,17H,12,16H2. The second-order valence-electron chi connectivity index (χ2n) is 7.16. The summed E-state index contributed by atoms with van der Waals surface area (Å²) in [4.78, 5) is 17.1. The van der Waals surface area contributed by atoms with Gasteiger partial charge in [0.2, 0.25) is 0 Å². The molecule has 0 radical (unpaired) electrons. The summed E-state index contributed by atoms with van der Waals surface area (Å²) in [5, 5.41) is 4.90. The minimum atomic E-state index is -0.0532. The van der Waals surface area contributed by atoms with Crippen LogP contribution in [0.4, 0.5) is 0 Å². The summed E-state index contributed by atoms with van der Waals surface area (Å²) < 4.78 is 13.4. The molecule has 6 heteroatoms. The lowest BCUT2D eigenvalue weighted by Crippen LogP contribution is -2.10. The summed E-state index contributed by atoms with van der Waals surface area (Å²) in [5.74, 6) is 0.626. The first-order valence-electron chi connectivity index (χ1n) is 9.92. The van der Waals surface area contributed by atoms with E-state index in [1.54, 1.807) is 35.3 Å². The molecule has 0 amide bonds. The maximum absolute atomic E-state index is 12.8. The number of aromatic nitrogens is 3. The minimum Gasteiger partial charge on any atom is -0.489 e. The monoisotopic (exact) mass is 409 g/mol. The predicted molar refractivity (Wildman–Crippen MR) is 117 cm³/mol. The van der Waals surface area contributed by atoms with Crippen molar-refractivity contribution in [2.45, 2.75) is 13.0 Å². The van der Waals surface area contributed by atoms with Crippen LogP contribution in [-0.4, -0.2) is 14.8 Å². The number of fused-ring (bicyclic) bond motifs is 1. The third-order valence-electron chi connectivity index (χ3n) is 4.98. The molecule has 0 N–H and O–H groups in total. The Morgan fingerprint density at radius 3 is 2.71 bits per heavy atom. The molecule has 5 rings (SSSR count). The number of pyridine rings is 1. The van der Waals surface area contributed by atoms with Crippen LogP contribution < -0.4 is 10.2 Å². The van der Waals surface area contributed by atoms with Crippen molar-refractivity contribution in [3.05, 3.63) is 119 Å². The number of benzene rings is 2. The molecular formula is C25H19N3O3. The fraction of sp³-hybridized carbons (Fsp3) is 0.0800. The van der Waals surface area contributed by atoms with Gasteiger partial charge in [-0.05, 0) is 36.4 Å². The summed E-state index contributed by atoms with van der Waals surface area (Å²) in [7, 11) is 0. The highest BCUT2D eigenvalue weighted by Gasteiger charge is 2.10. The molecule has 0 aliphatic carbocycles. The Bertz CT molecular complexity index is 1380. The van der Waals surface area contributed by atoms with Gasteiger partial charge in [0.05, 0.1) is 23.5 Å². The van der Waals surface area contributed by atoms with Gasteiger partial charge >= 0.3 is 0 Å². The zero-order valence-corrected chi connectivity index (χ0v) is 16.6. The van der Waals surface area contributed by atoms with E-state index in [0.29, 0.717) is 35.3 Å². The van der Waals surface area contributed by atoms with Gasteiger partial charge in [0.1, 0.15) is 17.9 Å². The Labute approximate surface area is 178 Å². The van der Waals surface area contributed by atoms with E-state index >= 15 is 0 Å². The van der Waals surface area contributed by atoms with E-state index in [4.69, 9.17) is 9.15 Å². The summed E-state index contributed by atoms with van der Waals surface area (Å²) in [6.07, 6.45) is 7.36. The normalized spacial score (nSPS) is 11.0. The predicted octanol–water partition coefficient (Wildman–Crippen LogP) is 4.54. The van der Waals surface area contributed by atoms with E-state index in [1.165, 1.54) is 6.26 Å². The minimum absolute atomic E-state index is 0.0532. The zero-order chi connectivity index (χ0) is 21.0. The largest absolute Gasteiger partial charge is 0.489 e. The number of para-hydroxylation sites is 1. The Morgan fingerprint density at radius 1 is 1.00 bits per heavy atom. The molecule has 0 spiro atoms. The SMILES string of the molecule is O=c1c(Cc2ccccn2)coc2cc(OCc3cnn(-c4ccccc4)c3)ccc12. The molecule has 0 atom stereocenters. The zero-order valence-electron chi connectivity index (χ0n) is 16.6. The first-order valence-corrected chi connectivity index (χ1v) is 9.92. The summed E-state index contributed by atoms with van der Waals surface area (Å²) in [6.45, 7) is 0.361. The number of hydrogen-bond acceptors (Lipinski definition) is 5. The van der Waals surface area contributed by atoms with Crippen LogP contribution in [0.5, 0.6) is 5.75 Å². The highest BCUT2D eigenvalue weighted by Crippen LogP contribution is 2.21. The van der Waals surface area contributed by atoms with E-state index < -0.39 is 0 Å². The van der Waals surface area contributed by atoms with Gasteiger partial charge in [0.15, 0.2) is 5.43 Å². The lowest BCUT2D eigenvalue weighted by molar-refractivity contribution is 0.306. The van der Waals surface area contributed by atoms with Crippen molar-refractivity contribution >= 4 is 11.0 Å². The lowest BCUT2D eigenvalue weighted by Gasteiger charge is -2.07. The lowest BCUT2D eigenvalue weighted by atomic mass is 10.1. The Hall–Kier alpha value is -4.19. The molecule has 0 bridgehead atoms. The molecular weight excluding hydrogens is 390 g/mol. The van der Waals surface area contributed by atoms with Crippen LogP contribution in [0.2, 0.25) is 0 Å². The molecule has 0 fully saturated rings. The molecule has 2 aromatic carbocycles. The third kappa shape index (κ3) is 4.09. The molecule has 6 nitrogen and oxygen atoms in total. The molecule has 0 unspecified atom stereocenters. The third-order valence-corrected chi connectivity index (χ3v) is 4.98. The van der Waals surface area contributed by atoms with Gasteiger partial charge in [-0.1, -0.05) is 24.3 Å². The van der Waals surface area contributed by atoms with E-state index in [9.17, 15) is 4.79 Å². The van der Waals surface area contributed by atoms with Gasteiger partial charge in [0.25, 0.3) is 0 Å². The van der Waals surface area contributed by atoms with Crippen LogP contribution in [0, 0.1) is 0 Å². The molecule has 152 valence electrons. The average Bonchev–Trinajstić information content (AvgIpc) is 3.30. The van der Waals surface area contributed by atoms with Gasteiger partial charge < -0.3 is 9.15 Å². The van der Waals surface area contributed by atoms with E-state index in [1.807, 2.05) is 54.7 Å². The van der Waals surface area contributed by atoms with E-state index in [2.05, 4.69) is 10.1 Å². The van der Waals surface area contributed by atoms with Crippen molar-refractivity contribution < 1.29 is 9.15 Å². The van der Waals surface area contributed by atoms with Crippen molar-refractivity contribution in [3.8, 4) is 11.4 Å². The Kier molecular flexibility index (Phi) is 5.02. The molecule has 0 aliphatic heterocycles. The van der Waals surface area contributed by atoms with Crippen LogP contribution >= 0.6 is 0 Å². The number of rotatable bonds is 6. The van der Waals surface area contributed by atoms with Crippen molar-refractivity contribution in [2.24, 2.45) is 0 Å². The van der Waals surface area contributed by atoms with E-state index in [0.717, 1.165) is 16.9 Å². The quantitative estimate of drug-likeness (QED) is 0.412. The molecule has 0 saturated heterocycles. The van der Waals surface area contributed by atoms with Gasteiger partial charge in [-0.2, -0.15) is 5.10 Å². The summed E-state index contributed by atoms with van der Waals surface area (Å²) in [6, 6.07) is 20.8. The highest BCUT2D eigenvalue weighted by molar-refractivity contribution is 5.78. The van der Waals surface area contributed by atoms with E-state index in [-0.39, 0.29) is 5.43 Å². The fourth-order valence-electron chi connectivity index (χ4n) is 3.38. The van der Waals surface area contributed by atoms with Gasteiger partial charge in [-0.15, -0.1) is 0 Å². The second-order valence-corrected chi connectivity index (χ2v) is 7.16.